The van der Waals surface area contributed by atoms with E-state index in [9.17, 15) is 4.39 Å². The molecular formula is C17H19FO2. The molecule has 3 heteroatoms. The molecule has 0 spiro atoms. The molecule has 0 aromatic heterocycles. The molecule has 20 heavy (non-hydrogen) atoms. The van der Waals surface area contributed by atoms with Crippen molar-refractivity contribution in [2.45, 2.75) is 26.4 Å². The van der Waals surface area contributed by atoms with E-state index in [1.54, 1.807) is 6.07 Å². The Hall–Kier alpha value is -2.03. The van der Waals surface area contributed by atoms with Crippen LogP contribution in [0.5, 0.6) is 11.5 Å². The van der Waals surface area contributed by atoms with E-state index in [0.717, 1.165) is 11.1 Å². The van der Waals surface area contributed by atoms with Crippen LogP contribution < -0.4 is 9.47 Å². The molecule has 106 valence electrons. The standard InChI is InChI=1S/C17H19FO2/c1-12(2)14-9-17(19-3)15(18)10-16(14)20-11-13-7-5-4-6-8-13/h4-10,12H,11H2,1-3H3. The molecule has 0 aliphatic heterocycles. The molecule has 0 aliphatic carbocycles. The summed E-state index contributed by atoms with van der Waals surface area (Å²) in [6, 6.07) is 12.9. The molecule has 0 N–H and O–H groups in total. The monoisotopic (exact) mass is 274 g/mol. The van der Waals surface area contributed by atoms with Crippen molar-refractivity contribution >= 4 is 0 Å². The summed E-state index contributed by atoms with van der Waals surface area (Å²) < 4.78 is 24.6. The maximum Gasteiger partial charge on any atom is 0.168 e. The van der Waals surface area contributed by atoms with Crippen molar-refractivity contribution in [3.8, 4) is 11.5 Å². The Morgan fingerprint density at radius 3 is 2.35 bits per heavy atom. The van der Waals surface area contributed by atoms with Crippen LogP contribution in [-0.4, -0.2) is 7.11 Å². The molecule has 2 aromatic carbocycles. The first kappa shape index (κ1) is 14.4. The Balaban J connectivity index is 2.24. The number of methoxy groups -OCH3 is 1. The van der Waals surface area contributed by atoms with E-state index in [1.807, 2.05) is 44.2 Å². The average Bonchev–Trinajstić information content (AvgIpc) is 2.46. The highest BCUT2D eigenvalue weighted by molar-refractivity contribution is 5.43. The van der Waals surface area contributed by atoms with E-state index in [-0.39, 0.29) is 11.7 Å². The maximum absolute atomic E-state index is 13.8. The zero-order valence-corrected chi connectivity index (χ0v) is 12.0. The Kier molecular flexibility index (Phi) is 4.61. The van der Waals surface area contributed by atoms with Crippen LogP contribution in [-0.2, 0) is 6.61 Å². The van der Waals surface area contributed by atoms with E-state index < -0.39 is 5.82 Å². The minimum absolute atomic E-state index is 0.232. The zero-order chi connectivity index (χ0) is 14.5. The zero-order valence-electron chi connectivity index (χ0n) is 12.0. The number of ether oxygens (including phenoxy) is 2. The second-order valence-electron chi connectivity index (χ2n) is 4.95. The number of halogens is 1. The smallest absolute Gasteiger partial charge is 0.168 e. The second kappa shape index (κ2) is 6.42. The molecule has 0 bridgehead atoms. The average molecular weight is 274 g/mol. The Bertz CT molecular complexity index is 565. The summed E-state index contributed by atoms with van der Waals surface area (Å²) in [6.07, 6.45) is 0. The third kappa shape index (κ3) is 3.29. The van der Waals surface area contributed by atoms with Gasteiger partial charge in [-0.3, -0.25) is 0 Å². The molecule has 0 heterocycles. The Morgan fingerprint density at radius 2 is 1.75 bits per heavy atom. The van der Waals surface area contributed by atoms with Gasteiger partial charge in [0.05, 0.1) is 7.11 Å². The van der Waals surface area contributed by atoms with Gasteiger partial charge in [-0.2, -0.15) is 0 Å². The van der Waals surface area contributed by atoms with E-state index in [4.69, 9.17) is 9.47 Å². The van der Waals surface area contributed by atoms with Gasteiger partial charge in [-0.25, -0.2) is 4.39 Å². The number of hydrogen-bond donors (Lipinski definition) is 0. The fraction of sp³-hybridized carbons (Fsp3) is 0.294. The highest BCUT2D eigenvalue weighted by Gasteiger charge is 2.14. The SMILES string of the molecule is COc1cc(C(C)C)c(OCc2ccccc2)cc1F. The van der Waals surface area contributed by atoms with Crippen molar-refractivity contribution in [1.29, 1.82) is 0 Å². The minimum Gasteiger partial charge on any atom is -0.494 e. The molecule has 0 amide bonds. The first-order valence-corrected chi connectivity index (χ1v) is 6.66. The van der Waals surface area contributed by atoms with Crippen LogP contribution in [0.2, 0.25) is 0 Å². The maximum atomic E-state index is 13.8. The first-order valence-electron chi connectivity index (χ1n) is 6.66. The summed E-state index contributed by atoms with van der Waals surface area (Å²) in [5, 5.41) is 0. The van der Waals surface area contributed by atoms with Gasteiger partial charge in [-0.05, 0) is 17.5 Å². The number of benzene rings is 2. The molecule has 0 radical (unpaired) electrons. The normalized spacial score (nSPS) is 10.7. The van der Waals surface area contributed by atoms with Crippen LogP contribution in [0.25, 0.3) is 0 Å². The summed E-state index contributed by atoms with van der Waals surface area (Å²) in [5.41, 5.74) is 2.00. The lowest BCUT2D eigenvalue weighted by Gasteiger charge is -2.16. The van der Waals surface area contributed by atoms with Gasteiger partial charge in [0.15, 0.2) is 11.6 Å². The van der Waals surface area contributed by atoms with Crippen molar-refractivity contribution in [3.63, 3.8) is 0 Å². The van der Waals surface area contributed by atoms with Gasteiger partial charge in [0.25, 0.3) is 0 Å². The molecule has 2 nitrogen and oxygen atoms in total. The summed E-state index contributed by atoms with van der Waals surface area (Å²) in [6.45, 7) is 4.51. The summed E-state index contributed by atoms with van der Waals surface area (Å²) >= 11 is 0. The molecule has 2 aromatic rings. The van der Waals surface area contributed by atoms with Gasteiger partial charge in [0.1, 0.15) is 12.4 Å². The van der Waals surface area contributed by atoms with Gasteiger partial charge in [0.2, 0.25) is 0 Å². The highest BCUT2D eigenvalue weighted by Crippen LogP contribution is 2.33. The third-order valence-corrected chi connectivity index (χ3v) is 3.14. The van der Waals surface area contributed by atoms with E-state index in [0.29, 0.717) is 12.4 Å². The molecule has 0 saturated carbocycles. The van der Waals surface area contributed by atoms with Gasteiger partial charge in [-0.15, -0.1) is 0 Å². The Morgan fingerprint density at radius 1 is 1.05 bits per heavy atom. The summed E-state index contributed by atoms with van der Waals surface area (Å²) in [4.78, 5) is 0. The predicted octanol–water partition coefficient (Wildman–Crippen LogP) is 4.54. The van der Waals surface area contributed by atoms with Crippen molar-refractivity contribution in [3.05, 3.63) is 59.4 Å². The molecule has 0 saturated heterocycles. The molecule has 0 fully saturated rings. The summed E-state index contributed by atoms with van der Waals surface area (Å²) in [7, 11) is 1.47. The predicted molar refractivity (Wildman–Crippen MR) is 77.8 cm³/mol. The lowest BCUT2D eigenvalue weighted by Crippen LogP contribution is -2.02. The molecule has 0 aliphatic rings. The van der Waals surface area contributed by atoms with Crippen LogP contribution in [0, 0.1) is 5.82 Å². The largest absolute Gasteiger partial charge is 0.494 e. The van der Waals surface area contributed by atoms with Crippen LogP contribution in [0.15, 0.2) is 42.5 Å². The van der Waals surface area contributed by atoms with Gasteiger partial charge >= 0.3 is 0 Å². The van der Waals surface area contributed by atoms with Gasteiger partial charge in [-0.1, -0.05) is 44.2 Å². The third-order valence-electron chi connectivity index (χ3n) is 3.14. The van der Waals surface area contributed by atoms with Crippen LogP contribution in [0.3, 0.4) is 0 Å². The minimum atomic E-state index is -0.403. The van der Waals surface area contributed by atoms with E-state index in [1.165, 1.54) is 13.2 Å². The van der Waals surface area contributed by atoms with Crippen molar-refractivity contribution in [2.24, 2.45) is 0 Å². The Labute approximate surface area is 119 Å². The highest BCUT2D eigenvalue weighted by atomic mass is 19.1. The van der Waals surface area contributed by atoms with E-state index in [2.05, 4.69) is 0 Å². The summed E-state index contributed by atoms with van der Waals surface area (Å²) in [5.74, 6) is 0.651. The first-order chi connectivity index (χ1) is 9.61. The molecular weight excluding hydrogens is 255 g/mol. The molecule has 0 atom stereocenters. The fourth-order valence-corrected chi connectivity index (χ4v) is 2.02. The van der Waals surface area contributed by atoms with Crippen LogP contribution in [0.4, 0.5) is 4.39 Å². The van der Waals surface area contributed by atoms with Crippen LogP contribution >= 0.6 is 0 Å². The lowest BCUT2D eigenvalue weighted by molar-refractivity contribution is 0.297. The lowest BCUT2D eigenvalue weighted by atomic mass is 10.0. The topological polar surface area (TPSA) is 18.5 Å². The second-order valence-corrected chi connectivity index (χ2v) is 4.95. The fourth-order valence-electron chi connectivity index (χ4n) is 2.02. The molecule has 2 rings (SSSR count). The van der Waals surface area contributed by atoms with Crippen molar-refractivity contribution in [1.82, 2.24) is 0 Å². The van der Waals surface area contributed by atoms with Gasteiger partial charge in [0, 0.05) is 11.6 Å². The molecule has 0 unspecified atom stereocenters. The number of rotatable bonds is 5. The van der Waals surface area contributed by atoms with Crippen molar-refractivity contribution in [2.75, 3.05) is 7.11 Å². The van der Waals surface area contributed by atoms with Crippen molar-refractivity contribution < 1.29 is 13.9 Å². The quantitative estimate of drug-likeness (QED) is 0.797. The van der Waals surface area contributed by atoms with Gasteiger partial charge < -0.3 is 9.47 Å². The van der Waals surface area contributed by atoms with Crippen LogP contribution in [0.1, 0.15) is 30.9 Å². The number of hydrogen-bond acceptors (Lipinski definition) is 2. The van der Waals surface area contributed by atoms with E-state index >= 15 is 0 Å².